The topological polar surface area (TPSA) is 9.23 Å². The Balaban J connectivity index is 2.39. The zero-order valence-electron chi connectivity index (χ0n) is 3.76. The van der Waals surface area contributed by atoms with Gasteiger partial charge in [0.2, 0.25) is 0 Å². The second-order valence-electron chi connectivity index (χ2n) is 1.05. The minimum Gasteiger partial charge on any atom is -0.307 e. The van der Waals surface area contributed by atoms with E-state index in [0.717, 1.165) is 0 Å². The van der Waals surface area contributed by atoms with Crippen molar-refractivity contribution in [3.8, 4) is 0 Å². The Morgan fingerprint density at radius 3 is 3.71 bits per heavy atom. The van der Waals surface area contributed by atoms with Crippen LogP contribution in [0.4, 0.5) is 0 Å². The summed E-state index contributed by atoms with van der Waals surface area (Å²) in [5.74, 6) is 0. The van der Waals surface area contributed by atoms with Crippen molar-refractivity contribution in [2.24, 2.45) is 0 Å². The molecule has 0 N–H and O–H groups in total. The third-order valence-corrected chi connectivity index (χ3v) is 1.08. The minimum absolute atomic E-state index is 0.664. The van der Waals surface area contributed by atoms with Crippen LogP contribution in [0.1, 0.15) is 0 Å². The molecule has 37 valence electrons. The predicted molar refractivity (Wildman–Crippen MR) is 30.5 cm³/mol. The molecular weight excluding hydrogens is 108 g/mol. The fraction of sp³-hybridized carbons (Fsp3) is 0.200. The van der Waals surface area contributed by atoms with Crippen LogP contribution >= 0.6 is 12.0 Å². The van der Waals surface area contributed by atoms with Crippen LogP contribution in [0.2, 0.25) is 0 Å². The van der Waals surface area contributed by atoms with Gasteiger partial charge in [0.05, 0.1) is 6.61 Å². The van der Waals surface area contributed by atoms with E-state index in [1.165, 1.54) is 12.0 Å². The summed E-state index contributed by atoms with van der Waals surface area (Å²) in [5, 5.41) is 1.85. The number of rotatable bonds is 0. The van der Waals surface area contributed by atoms with E-state index in [1.807, 2.05) is 17.6 Å². The lowest BCUT2D eigenvalue weighted by Crippen LogP contribution is -1.73. The van der Waals surface area contributed by atoms with Crippen LogP contribution in [0, 0.1) is 6.08 Å². The van der Waals surface area contributed by atoms with E-state index in [2.05, 4.69) is 6.08 Å². The summed E-state index contributed by atoms with van der Waals surface area (Å²) in [6.45, 7) is 0.664. The molecule has 0 amide bonds. The second-order valence-corrected chi connectivity index (χ2v) is 1.75. The Labute approximate surface area is 47.3 Å². The van der Waals surface area contributed by atoms with Crippen molar-refractivity contribution in [3.63, 3.8) is 0 Å². The molecule has 0 fully saturated rings. The summed E-state index contributed by atoms with van der Waals surface area (Å²) in [7, 11) is 0. The second kappa shape index (κ2) is 2.88. The molecule has 0 aliphatic carbocycles. The summed E-state index contributed by atoms with van der Waals surface area (Å²) >= 11 is 1.34. The first kappa shape index (κ1) is 4.94. The largest absolute Gasteiger partial charge is 0.307 e. The van der Waals surface area contributed by atoms with Gasteiger partial charge in [-0.2, -0.15) is 0 Å². The van der Waals surface area contributed by atoms with E-state index in [0.29, 0.717) is 6.61 Å². The molecule has 1 aliphatic rings. The summed E-state index contributed by atoms with van der Waals surface area (Å²) in [5.41, 5.74) is 0. The van der Waals surface area contributed by atoms with Crippen molar-refractivity contribution in [2.45, 2.75) is 0 Å². The Morgan fingerprint density at radius 2 is 2.71 bits per heavy atom. The zero-order chi connectivity index (χ0) is 4.95. The summed E-state index contributed by atoms with van der Waals surface area (Å²) in [6.07, 6.45) is 6.57. The van der Waals surface area contributed by atoms with Gasteiger partial charge < -0.3 is 4.18 Å². The summed E-state index contributed by atoms with van der Waals surface area (Å²) in [6, 6.07) is 0. The maximum atomic E-state index is 4.91. The molecule has 1 rings (SSSR count). The van der Waals surface area contributed by atoms with Gasteiger partial charge in [0, 0.05) is 12.0 Å². The monoisotopic (exact) mass is 113 g/mol. The standard InChI is InChI=1S/C5H5OS/c1-2-4-6-7-5-3-1/h2-3,5H,4H2. The lowest BCUT2D eigenvalue weighted by Gasteiger charge is -1.85. The minimum atomic E-state index is 0.664. The van der Waals surface area contributed by atoms with Gasteiger partial charge in [-0.15, -0.1) is 0 Å². The van der Waals surface area contributed by atoms with E-state index in [1.54, 1.807) is 0 Å². The normalized spacial score (nSPS) is 19.4. The average Bonchev–Trinajstić information content (AvgIpc) is 1.90. The van der Waals surface area contributed by atoms with Crippen molar-refractivity contribution in [3.05, 3.63) is 23.6 Å². The van der Waals surface area contributed by atoms with Gasteiger partial charge in [-0.05, 0) is 23.6 Å². The molecule has 0 atom stereocenters. The van der Waals surface area contributed by atoms with E-state index in [9.17, 15) is 0 Å². The van der Waals surface area contributed by atoms with Gasteiger partial charge in [-0.3, -0.25) is 0 Å². The molecule has 2 heteroatoms. The highest BCUT2D eigenvalue weighted by atomic mass is 32.2. The third-order valence-electron chi connectivity index (χ3n) is 0.557. The quantitative estimate of drug-likeness (QED) is 0.441. The zero-order valence-corrected chi connectivity index (χ0v) is 4.57. The number of allylic oxidation sites excluding steroid dienone is 2. The van der Waals surface area contributed by atoms with Gasteiger partial charge in [0.15, 0.2) is 0 Å². The molecule has 1 aliphatic heterocycles. The Hall–Kier alpha value is -0.210. The Bertz CT molecular complexity index is 84.3. The van der Waals surface area contributed by atoms with E-state index in [-0.39, 0.29) is 0 Å². The summed E-state index contributed by atoms with van der Waals surface area (Å²) in [4.78, 5) is 0. The first-order valence-corrected chi connectivity index (χ1v) is 2.81. The molecule has 0 unspecified atom stereocenters. The van der Waals surface area contributed by atoms with Crippen molar-refractivity contribution >= 4 is 12.0 Å². The molecule has 7 heavy (non-hydrogen) atoms. The van der Waals surface area contributed by atoms with Gasteiger partial charge in [0.1, 0.15) is 0 Å². The van der Waals surface area contributed by atoms with Gasteiger partial charge in [-0.25, -0.2) is 0 Å². The predicted octanol–water partition coefficient (Wildman–Crippen LogP) is 1.54. The van der Waals surface area contributed by atoms with Gasteiger partial charge in [0.25, 0.3) is 0 Å². The number of hydrogen-bond acceptors (Lipinski definition) is 2. The molecule has 0 bridgehead atoms. The Kier molecular flexibility index (Phi) is 2.03. The van der Waals surface area contributed by atoms with Crippen molar-refractivity contribution in [1.29, 1.82) is 0 Å². The van der Waals surface area contributed by atoms with Crippen LogP contribution in [0.25, 0.3) is 0 Å². The van der Waals surface area contributed by atoms with Crippen LogP contribution in [-0.4, -0.2) is 6.61 Å². The molecule has 0 aromatic carbocycles. The highest BCUT2D eigenvalue weighted by Crippen LogP contribution is 2.05. The molecule has 0 saturated heterocycles. The highest BCUT2D eigenvalue weighted by molar-refractivity contribution is 7.97. The fourth-order valence-corrected chi connectivity index (χ4v) is 0.655. The molecule has 1 heterocycles. The maximum absolute atomic E-state index is 4.91. The summed E-state index contributed by atoms with van der Waals surface area (Å²) < 4.78 is 4.91. The van der Waals surface area contributed by atoms with Crippen molar-refractivity contribution < 1.29 is 4.18 Å². The van der Waals surface area contributed by atoms with Gasteiger partial charge in [-0.1, -0.05) is 0 Å². The lowest BCUT2D eigenvalue weighted by atomic mass is 10.5. The van der Waals surface area contributed by atoms with Crippen LogP contribution in [0.15, 0.2) is 17.6 Å². The first-order chi connectivity index (χ1) is 3.50. The molecule has 0 aromatic rings. The third kappa shape index (κ3) is 1.80. The molecule has 0 aromatic heterocycles. The van der Waals surface area contributed by atoms with E-state index in [4.69, 9.17) is 4.18 Å². The van der Waals surface area contributed by atoms with Crippen LogP contribution < -0.4 is 0 Å². The fourth-order valence-electron chi connectivity index (χ4n) is 0.296. The first-order valence-electron chi connectivity index (χ1n) is 2.01. The molecule has 0 spiro atoms. The highest BCUT2D eigenvalue weighted by Gasteiger charge is 1.81. The molecule has 1 nitrogen and oxygen atoms in total. The molecular formula is C5H5OS. The van der Waals surface area contributed by atoms with Crippen molar-refractivity contribution in [2.75, 3.05) is 6.61 Å². The number of hydrogen-bond donors (Lipinski definition) is 0. The lowest BCUT2D eigenvalue weighted by molar-refractivity contribution is 0.433. The Morgan fingerprint density at radius 1 is 1.71 bits per heavy atom. The van der Waals surface area contributed by atoms with Crippen LogP contribution in [-0.2, 0) is 4.18 Å². The van der Waals surface area contributed by atoms with E-state index >= 15 is 0 Å². The maximum Gasteiger partial charge on any atom is 0.0808 e. The van der Waals surface area contributed by atoms with Crippen LogP contribution in [0.3, 0.4) is 0 Å². The van der Waals surface area contributed by atoms with Crippen LogP contribution in [0.5, 0.6) is 0 Å². The molecule has 0 saturated carbocycles. The SMILES string of the molecule is [C]1=CCOSC=C1. The van der Waals surface area contributed by atoms with Gasteiger partial charge >= 0.3 is 0 Å². The van der Waals surface area contributed by atoms with Crippen molar-refractivity contribution in [1.82, 2.24) is 0 Å². The van der Waals surface area contributed by atoms with E-state index < -0.39 is 0 Å². The molecule has 1 radical (unpaired) electrons. The smallest absolute Gasteiger partial charge is 0.0808 e. The average molecular weight is 113 g/mol.